The molecule has 0 amide bonds. The average molecular weight is 423 g/mol. The third-order valence-corrected chi connectivity index (χ3v) is 7.27. The van der Waals surface area contributed by atoms with E-state index in [-0.39, 0.29) is 17.4 Å². The van der Waals surface area contributed by atoms with Crippen molar-refractivity contribution in [2.45, 2.75) is 31.7 Å². The number of likely N-dealkylation sites (N-methyl/N-ethyl adjacent to an activating group) is 1. The van der Waals surface area contributed by atoms with Crippen molar-refractivity contribution in [1.82, 2.24) is 29.4 Å². The summed E-state index contributed by atoms with van der Waals surface area (Å²) in [4.78, 5) is 18.2. The third kappa shape index (κ3) is 3.13. The number of nitrogens with one attached hydrogen (secondary N) is 1. The van der Waals surface area contributed by atoms with E-state index in [1.165, 1.54) is 25.7 Å². The Balaban J connectivity index is 1.48. The zero-order valence-electron chi connectivity index (χ0n) is 18.2. The summed E-state index contributed by atoms with van der Waals surface area (Å²) in [5, 5.41) is 12.5. The van der Waals surface area contributed by atoms with Crippen molar-refractivity contribution in [3.05, 3.63) is 22.6 Å². The molecule has 164 valence electrons. The Morgan fingerprint density at radius 2 is 1.77 bits per heavy atom. The zero-order valence-corrected chi connectivity index (χ0v) is 18.2. The third-order valence-electron chi connectivity index (χ3n) is 7.27. The first kappa shape index (κ1) is 18.9. The first-order valence-corrected chi connectivity index (χ1v) is 11.4. The van der Waals surface area contributed by atoms with Gasteiger partial charge in [-0.15, -0.1) is 0 Å². The number of nitrogen functional groups attached to an aromatic ring is 1. The summed E-state index contributed by atoms with van der Waals surface area (Å²) in [6.07, 6.45) is 6.84. The van der Waals surface area contributed by atoms with Gasteiger partial charge in [0.1, 0.15) is 11.2 Å². The summed E-state index contributed by atoms with van der Waals surface area (Å²) in [6.45, 7) is 4.04. The van der Waals surface area contributed by atoms with E-state index in [0.29, 0.717) is 22.7 Å². The number of rotatable bonds is 5. The number of nitrogens with two attached hydrogens (primary N) is 1. The lowest BCUT2D eigenvalue weighted by Crippen LogP contribution is -2.45. The van der Waals surface area contributed by atoms with Gasteiger partial charge in [0, 0.05) is 57.1 Å². The standard InChI is InChI=1S/C22H30N8O/c1-27-7-9-29(10-8-27)17-11-16(26-28(17)2)15-12-30(20(13-3-4-13)14-5-6-14)22(31)18-19(15)24-25-21(18)23/h11-14,20H,3-10H2,1-2H3,(H3,23,24,25). The topological polar surface area (TPSA) is 101 Å². The number of anilines is 2. The van der Waals surface area contributed by atoms with Gasteiger partial charge in [0.25, 0.3) is 5.56 Å². The number of H-pyrrole nitrogens is 1. The van der Waals surface area contributed by atoms with Gasteiger partial charge in [-0.05, 0) is 44.6 Å². The Hall–Kier alpha value is -2.81. The van der Waals surface area contributed by atoms with Crippen molar-refractivity contribution >= 4 is 22.5 Å². The second kappa shape index (κ2) is 6.85. The van der Waals surface area contributed by atoms with Gasteiger partial charge in [0.05, 0.1) is 11.2 Å². The highest BCUT2D eigenvalue weighted by molar-refractivity contribution is 5.97. The molecule has 0 aromatic carbocycles. The Morgan fingerprint density at radius 1 is 1.10 bits per heavy atom. The fraction of sp³-hybridized carbons (Fsp3) is 0.591. The van der Waals surface area contributed by atoms with Crippen molar-refractivity contribution in [1.29, 1.82) is 0 Å². The van der Waals surface area contributed by atoms with Crippen LogP contribution in [0.1, 0.15) is 31.7 Å². The molecule has 31 heavy (non-hydrogen) atoms. The number of aromatic nitrogens is 5. The number of aromatic amines is 1. The number of fused-ring (bicyclic) bond motifs is 1. The van der Waals surface area contributed by atoms with E-state index >= 15 is 0 Å². The predicted octanol–water partition coefficient (Wildman–Crippen LogP) is 1.82. The lowest BCUT2D eigenvalue weighted by atomic mass is 10.0. The van der Waals surface area contributed by atoms with E-state index in [1.807, 2.05) is 22.5 Å². The number of hydrogen-bond acceptors (Lipinski definition) is 6. The van der Waals surface area contributed by atoms with Crippen LogP contribution in [0.25, 0.3) is 22.2 Å². The minimum absolute atomic E-state index is 0.0241. The lowest BCUT2D eigenvalue weighted by molar-refractivity contribution is 0.311. The van der Waals surface area contributed by atoms with Gasteiger partial charge in [-0.1, -0.05) is 0 Å². The molecule has 6 rings (SSSR count). The summed E-state index contributed by atoms with van der Waals surface area (Å²) >= 11 is 0. The number of aryl methyl sites for hydroxylation is 1. The van der Waals surface area contributed by atoms with Gasteiger partial charge in [0.15, 0.2) is 5.82 Å². The normalized spacial score (nSPS) is 20.3. The quantitative estimate of drug-likeness (QED) is 0.650. The van der Waals surface area contributed by atoms with E-state index in [4.69, 9.17) is 10.8 Å². The van der Waals surface area contributed by atoms with Crippen molar-refractivity contribution in [3.63, 3.8) is 0 Å². The first-order valence-electron chi connectivity index (χ1n) is 11.4. The number of pyridine rings is 1. The van der Waals surface area contributed by atoms with Crippen molar-refractivity contribution in [2.75, 3.05) is 43.9 Å². The van der Waals surface area contributed by atoms with Crippen molar-refractivity contribution < 1.29 is 0 Å². The highest BCUT2D eigenvalue weighted by atomic mass is 16.1. The molecule has 9 heteroatoms. The van der Waals surface area contributed by atoms with E-state index in [2.05, 4.69) is 33.1 Å². The molecule has 3 fully saturated rings. The van der Waals surface area contributed by atoms with Gasteiger partial charge in [-0.25, -0.2) is 0 Å². The minimum atomic E-state index is -0.0241. The summed E-state index contributed by atoms with van der Waals surface area (Å²) in [5.41, 5.74) is 8.57. The lowest BCUT2D eigenvalue weighted by Gasteiger charge is -2.33. The van der Waals surface area contributed by atoms with Crippen LogP contribution in [0.3, 0.4) is 0 Å². The molecule has 0 radical (unpaired) electrons. The van der Waals surface area contributed by atoms with Crippen LogP contribution in [0.2, 0.25) is 0 Å². The highest BCUT2D eigenvalue weighted by Gasteiger charge is 2.43. The maximum absolute atomic E-state index is 13.4. The van der Waals surface area contributed by atoms with E-state index in [0.717, 1.165) is 43.3 Å². The summed E-state index contributed by atoms with van der Waals surface area (Å²) in [6, 6.07) is 2.40. The second-order valence-corrected chi connectivity index (χ2v) is 9.58. The van der Waals surface area contributed by atoms with Gasteiger partial charge in [0.2, 0.25) is 0 Å². The largest absolute Gasteiger partial charge is 0.382 e. The fourth-order valence-electron chi connectivity index (χ4n) is 5.21. The maximum Gasteiger partial charge on any atom is 0.264 e. The van der Waals surface area contributed by atoms with Crippen LogP contribution in [-0.2, 0) is 7.05 Å². The van der Waals surface area contributed by atoms with E-state index in [9.17, 15) is 4.79 Å². The molecule has 0 spiro atoms. The predicted molar refractivity (Wildman–Crippen MR) is 121 cm³/mol. The maximum atomic E-state index is 13.4. The van der Waals surface area contributed by atoms with Crippen molar-refractivity contribution in [2.24, 2.45) is 18.9 Å². The summed E-state index contributed by atoms with van der Waals surface area (Å²) in [5.74, 6) is 2.58. The molecule has 0 unspecified atom stereocenters. The monoisotopic (exact) mass is 422 g/mol. The molecular formula is C22H30N8O. The van der Waals surface area contributed by atoms with Gasteiger partial charge in [-0.3, -0.25) is 14.6 Å². The molecule has 3 N–H and O–H groups in total. The molecule has 4 heterocycles. The van der Waals surface area contributed by atoms with Crippen LogP contribution in [0, 0.1) is 11.8 Å². The highest BCUT2D eigenvalue weighted by Crippen LogP contribution is 2.52. The molecule has 2 aliphatic carbocycles. The zero-order chi connectivity index (χ0) is 21.3. The molecular weight excluding hydrogens is 392 g/mol. The number of hydrogen-bond donors (Lipinski definition) is 2. The van der Waals surface area contributed by atoms with Crippen LogP contribution in [0.15, 0.2) is 17.1 Å². The Kier molecular flexibility index (Phi) is 4.18. The van der Waals surface area contributed by atoms with Gasteiger partial charge >= 0.3 is 0 Å². The molecule has 0 bridgehead atoms. The molecule has 2 saturated carbocycles. The van der Waals surface area contributed by atoms with Crippen LogP contribution >= 0.6 is 0 Å². The molecule has 3 aromatic rings. The number of nitrogens with zero attached hydrogens (tertiary/aromatic N) is 6. The molecule has 1 aliphatic heterocycles. The second-order valence-electron chi connectivity index (χ2n) is 9.58. The van der Waals surface area contributed by atoms with Gasteiger partial charge in [-0.2, -0.15) is 10.2 Å². The van der Waals surface area contributed by atoms with Crippen LogP contribution in [0.5, 0.6) is 0 Å². The Morgan fingerprint density at radius 3 is 2.42 bits per heavy atom. The molecule has 0 atom stereocenters. The number of piperazine rings is 1. The SMILES string of the molecule is CN1CCN(c2cc(-c3cn(C(C4CC4)C4CC4)c(=O)c4c(N)n[nH]c34)nn2C)CC1. The molecule has 3 aliphatic rings. The smallest absolute Gasteiger partial charge is 0.264 e. The molecule has 3 aromatic heterocycles. The molecule has 1 saturated heterocycles. The minimum Gasteiger partial charge on any atom is -0.382 e. The van der Waals surface area contributed by atoms with Crippen LogP contribution < -0.4 is 16.2 Å². The van der Waals surface area contributed by atoms with Crippen LogP contribution in [-0.4, -0.2) is 62.7 Å². The Labute approximate surface area is 180 Å². The van der Waals surface area contributed by atoms with Gasteiger partial charge < -0.3 is 20.1 Å². The summed E-state index contributed by atoms with van der Waals surface area (Å²) < 4.78 is 3.91. The first-order chi connectivity index (χ1) is 15.0. The fourth-order valence-corrected chi connectivity index (χ4v) is 5.21. The average Bonchev–Trinajstić information content (AvgIpc) is 3.68. The van der Waals surface area contributed by atoms with Crippen molar-refractivity contribution in [3.8, 4) is 11.3 Å². The Bertz CT molecular complexity index is 1180. The molecule has 9 nitrogen and oxygen atoms in total. The van der Waals surface area contributed by atoms with E-state index < -0.39 is 0 Å². The van der Waals surface area contributed by atoms with Crippen LogP contribution in [0.4, 0.5) is 11.6 Å². The summed E-state index contributed by atoms with van der Waals surface area (Å²) in [7, 11) is 4.15. The van der Waals surface area contributed by atoms with E-state index in [1.54, 1.807) is 0 Å².